The van der Waals surface area contributed by atoms with Gasteiger partial charge < -0.3 is 10.6 Å². The Morgan fingerprint density at radius 2 is 1.97 bits per heavy atom. The fourth-order valence-electron chi connectivity index (χ4n) is 3.55. The Balaban J connectivity index is 1.41. The first-order chi connectivity index (χ1) is 14.0. The fraction of sp³-hybridized carbons (Fsp3) is 0.455. The summed E-state index contributed by atoms with van der Waals surface area (Å²) in [6, 6.07) is 8.75. The number of aromatic nitrogens is 2. The number of halogens is 1. The van der Waals surface area contributed by atoms with Crippen LogP contribution < -0.4 is 10.6 Å². The third kappa shape index (κ3) is 6.42. The molecule has 0 bridgehead atoms. The van der Waals surface area contributed by atoms with E-state index < -0.39 is 0 Å². The number of hydrogen-bond acceptors (Lipinski definition) is 3. The summed E-state index contributed by atoms with van der Waals surface area (Å²) in [7, 11) is 1.80. The molecule has 6 nitrogen and oxygen atoms in total. The minimum atomic E-state index is -0.245. The number of likely N-dealkylation sites (tertiary alicyclic amines) is 1. The number of aliphatic imine (C=N–C) groups is 1. The van der Waals surface area contributed by atoms with Crippen LogP contribution in [0.25, 0.3) is 5.69 Å². The van der Waals surface area contributed by atoms with Crippen LogP contribution in [0.2, 0.25) is 0 Å². The molecule has 2 N–H and O–H groups in total. The highest BCUT2D eigenvalue weighted by molar-refractivity contribution is 5.79. The van der Waals surface area contributed by atoms with Crippen molar-refractivity contribution in [3.8, 4) is 5.69 Å². The van der Waals surface area contributed by atoms with Crippen molar-refractivity contribution in [3.63, 3.8) is 0 Å². The first-order valence-corrected chi connectivity index (χ1v) is 10.2. The number of nitrogens with zero attached hydrogens (tertiary/aromatic N) is 4. The van der Waals surface area contributed by atoms with Crippen LogP contribution in [0, 0.1) is 5.82 Å². The van der Waals surface area contributed by atoms with Gasteiger partial charge in [-0.3, -0.25) is 9.89 Å². The molecule has 1 aliphatic rings. The molecule has 1 aromatic heterocycles. The molecule has 2 aromatic rings. The molecule has 2 heterocycles. The standard InChI is InChI=1S/C22H31FN6/c1-17(2)16-28-13-9-19(10-14-28)26-22(24-3)25-12-8-20-11-15-29(27-20)21-6-4-18(23)5-7-21/h4-7,11,15,19H,1,8-10,12-14,16H2,2-3H3,(H2,24,25,26). The maximum atomic E-state index is 13.1. The molecule has 156 valence electrons. The van der Waals surface area contributed by atoms with Gasteiger partial charge in [-0.25, -0.2) is 9.07 Å². The number of piperidine rings is 1. The summed E-state index contributed by atoms with van der Waals surface area (Å²) in [6.45, 7) is 9.99. The molecule has 1 fully saturated rings. The lowest BCUT2D eigenvalue weighted by molar-refractivity contribution is 0.221. The molecule has 1 saturated heterocycles. The molecule has 0 spiro atoms. The summed E-state index contributed by atoms with van der Waals surface area (Å²) in [6.07, 6.45) is 4.90. The number of benzene rings is 1. The van der Waals surface area contributed by atoms with Gasteiger partial charge in [0.2, 0.25) is 0 Å². The minimum absolute atomic E-state index is 0.245. The second kappa shape index (κ2) is 10.2. The lowest BCUT2D eigenvalue weighted by Gasteiger charge is -2.33. The third-order valence-corrected chi connectivity index (χ3v) is 5.05. The van der Waals surface area contributed by atoms with Crippen molar-refractivity contribution in [1.29, 1.82) is 0 Å². The summed E-state index contributed by atoms with van der Waals surface area (Å²) < 4.78 is 14.8. The zero-order chi connectivity index (χ0) is 20.6. The van der Waals surface area contributed by atoms with Gasteiger partial charge in [0.15, 0.2) is 5.96 Å². The molecule has 0 amide bonds. The van der Waals surface area contributed by atoms with Gasteiger partial charge in [0, 0.05) is 51.9 Å². The average Bonchev–Trinajstić information content (AvgIpc) is 3.17. The highest BCUT2D eigenvalue weighted by atomic mass is 19.1. The van der Waals surface area contributed by atoms with E-state index in [-0.39, 0.29) is 5.82 Å². The van der Waals surface area contributed by atoms with E-state index in [1.807, 2.05) is 12.3 Å². The molecule has 0 unspecified atom stereocenters. The van der Waals surface area contributed by atoms with Gasteiger partial charge in [0.1, 0.15) is 5.82 Å². The summed E-state index contributed by atoms with van der Waals surface area (Å²) in [5, 5.41) is 11.5. The highest BCUT2D eigenvalue weighted by Crippen LogP contribution is 2.12. The van der Waals surface area contributed by atoms with Gasteiger partial charge in [-0.2, -0.15) is 5.10 Å². The van der Waals surface area contributed by atoms with E-state index in [4.69, 9.17) is 0 Å². The van der Waals surface area contributed by atoms with Crippen molar-refractivity contribution < 1.29 is 4.39 Å². The third-order valence-electron chi connectivity index (χ3n) is 5.05. The van der Waals surface area contributed by atoms with Crippen molar-refractivity contribution in [2.24, 2.45) is 4.99 Å². The van der Waals surface area contributed by atoms with Gasteiger partial charge in [-0.15, -0.1) is 0 Å². The Bertz CT molecular complexity index is 818. The Morgan fingerprint density at radius 1 is 1.24 bits per heavy atom. The van der Waals surface area contributed by atoms with Crippen LogP contribution in [-0.2, 0) is 6.42 Å². The topological polar surface area (TPSA) is 57.5 Å². The van der Waals surface area contributed by atoms with E-state index in [0.29, 0.717) is 6.04 Å². The second-order valence-corrected chi connectivity index (χ2v) is 7.63. The van der Waals surface area contributed by atoms with Crippen LogP contribution in [0.1, 0.15) is 25.5 Å². The summed E-state index contributed by atoms with van der Waals surface area (Å²) in [5.41, 5.74) is 3.04. The van der Waals surface area contributed by atoms with Gasteiger partial charge in [0.05, 0.1) is 11.4 Å². The van der Waals surface area contributed by atoms with E-state index in [2.05, 4.69) is 39.1 Å². The fourth-order valence-corrected chi connectivity index (χ4v) is 3.55. The van der Waals surface area contributed by atoms with Crippen LogP contribution >= 0.6 is 0 Å². The monoisotopic (exact) mass is 398 g/mol. The van der Waals surface area contributed by atoms with Crippen molar-refractivity contribution in [3.05, 3.63) is 60.2 Å². The predicted molar refractivity (Wildman–Crippen MR) is 116 cm³/mol. The van der Waals surface area contributed by atoms with Crippen LogP contribution in [0.4, 0.5) is 4.39 Å². The van der Waals surface area contributed by atoms with Crippen molar-refractivity contribution in [1.82, 2.24) is 25.3 Å². The maximum Gasteiger partial charge on any atom is 0.191 e. The Hall–Kier alpha value is -2.67. The van der Waals surface area contributed by atoms with Crippen LogP contribution in [-0.4, -0.2) is 59.9 Å². The highest BCUT2D eigenvalue weighted by Gasteiger charge is 2.19. The summed E-state index contributed by atoms with van der Waals surface area (Å²) in [5.74, 6) is 0.590. The second-order valence-electron chi connectivity index (χ2n) is 7.63. The first-order valence-electron chi connectivity index (χ1n) is 10.2. The molecular weight excluding hydrogens is 367 g/mol. The van der Waals surface area contributed by atoms with E-state index in [9.17, 15) is 4.39 Å². The van der Waals surface area contributed by atoms with Crippen molar-refractivity contribution in [2.45, 2.75) is 32.2 Å². The average molecular weight is 399 g/mol. The predicted octanol–water partition coefficient (Wildman–Crippen LogP) is 2.76. The van der Waals surface area contributed by atoms with Gasteiger partial charge >= 0.3 is 0 Å². The van der Waals surface area contributed by atoms with E-state index in [0.717, 1.165) is 62.8 Å². The lowest BCUT2D eigenvalue weighted by atomic mass is 10.0. The smallest absolute Gasteiger partial charge is 0.191 e. The molecule has 0 saturated carbocycles. The van der Waals surface area contributed by atoms with E-state index >= 15 is 0 Å². The van der Waals surface area contributed by atoms with E-state index in [1.165, 1.54) is 17.7 Å². The van der Waals surface area contributed by atoms with Crippen molar-refractivity contribution >= 4 is 5.96 Å². The Labute approximate surface area is 172 Å². The summed E-state index contributed by atoms with van der Waals surface area (Å²) >= 11 is 0. The molecular formula is C22H31FN6. The molecule has 0 aliphatic carbocycles. The zero-order valence-corrected chi connectivity index (χ0v) is 17.4. The number of guanidine groups is 1. The molecule has 7 heteroatoms. The summed E-state index contributed by atoms with van der Waals surface area (Å²) in [4.78, 5) is 6.80. The molecule has 1 aromatic carbocycles. The number of rotatable bonds is 7. The Morgan fingerprint density at radius 3 is 2.62 bits per heavy atom. The van der Waals surface area contributed by atoms with E-state index in [1.54, 1.807) is 23.9 Å². The lowest BCUT2D eigenvalue weighted by Crippen LogP contribution is -2.49. The van der Waals surface area contributed by atoms with Gasteiger partial charge in [-0.05, 0) is 50.1 Å². The zero-order valence-electron chi connectivity index (χ0n) is 17.4. The van der Waals surface area contributed by atoms with Crippen LogP contribution in [0.5, 0.6) is 0 Å². The van der Waals surface area contributed by atoms with Crippen LogP contribution in [0.3, 0.4) is 0 Å². The minimum Gasteiger partial charge on any atom is -0.356 e. The largest absolute Gasteiger partial charge is 0.356 e. The molecule has 0 atom stereocenters. The molecule has 1 aliphatic heterocycles. The normalized spacial score (nSPS) is 16.0. The molecule has 29 heavy (non-hydrogen) atoms. The number of nitrogens with one attached hydrogen (secondary N) is 2. The SMILES string of the molecule is C=C(C)CN1CCC(NC(=NC)NCCc2ccn(-c3ccc(F)cc3)n2)CC1. The Kier molecular flexibility index (Phi) is 7.41. The number of hydrogen-bond donors (Lipinski definition) is 2. The van der Waals surface area contributed by atoms with Crippen molar-refractivity contribution in [2.75, 3.05) is 33.2 Å². The maximum absolute atomic E-state index is 13.1. The first kappa shape index (κ1) is 21.0. The van der Waals surface area contributed by atoms with Crippen LogP contribution in [0.15, 0.2) is 53.7 Å². The molecule has 3 rings (SSSR count). The quantitative estimate of drug-likeness (QED) is 0.428. The van der Waals surface area contributed by atoms with Gasteiger partial charge in [0.25, 0.3) is 0 Å². The van der Waals surface area contributed by atoms with Gasteiger partial charge in [-0.1, -0.05) is 12.2 Å². The molecule has 0 radical (unpaired) electrons.